The summed E-state index contributed by atoms with van der Waals surface area (Å²) >= 11 is 7.23. The molecule has 0 saturated carbocycles. The Hall–Kier alpha value is -2.23. The van der Waals surface area contributed by atoms with Gasteiger partial charge in [0, 0.05) is 42.9 Å². The summed E-state index contributed by atoms with van der Waals surface area (Å²) in [7, 11) is 0. The molecule has 2 aliphatic heterocycles. The number of hydrogen-bond donors (Lipinski definition) is 2. The lowest BCUT2D eigenvalue weighted by molar-refractivity contribution is 0.102. The number of hydrogen-bond acceptors (Lipinski definition) is 6. The van der Waals surface area contributed by atoms with Crippen LogP contribution in [0.2, 0.25) is 5.02 Å². The molecule has 160 valence electrons. The molecule has 2 aromatic rings. The summed E-state index contributed by atoms with van der Waals surface area (Å²) in [4.78, 5) is 26.8. The zero-order valence-corrected chi connectivity index (χ0v) is 18.0. The zero-order chi connectivity index (χ0) is 20.9. The van der Waals surface area contributed by atoms with Gasteiger partial charge in [0.05, 0.1) is 6.10 Å². The number of amides is 3. The molecule has 8 nitrogen and oxygen atoms in total. The topological polar surface area (TPSA) is 96.5 Å². The van der Waals surface area contributed by atoms with Gasteiger partial charge in [-0.2, -0.15) is 0 Å². The molecule has 2 saturated heterocycles. The standard InChI is InChI=1S/C20H24ClN5O3S/c21-14-5-1-6-15(10-14)23-17(27)19-25-24-18(30-19)13-4-2-8-26(12-13)20(28)22-11-16-7-3-9-29-16/h1,5-6,10,13,16H,2-4,7-9,11-12H2,(H,22,28)(H,23,27)/t13-,16+/m1/s1. The lowest BCUT2D eigenvalue weighted by Gasteiger charge is -2.31. The molecular weight excluding hydrogens is 426 g/mol. The van der Waals surface area contributed by atoms with Gasteiger partial charge < -0.3 is 20.3 Å². The highest BCUT2D eigenvalue weighted by molar-refractivity contribution is 7.13. The summed E-state index contributed by atoms with van der Waals surface area (Å²) in [6, 6.07) is 6.88. The van der Waals surface area contributed by atoms with Gasteiger partial charge in [0.25, 0.3) is 5.91 Å². The molecule has 3 heterocycles. The van der Waals surface area contributed by atoms with Gasteiger partial charge in [-0.1, -0.05) is 29.0 Å². The quantitative estimate of drug-likeness (QED) is 0.728. The second-order valence-corrected chi connectivity index (χ2v) is 8.96. The second kappa shape index (κ2) is 9.72. The van der Waals surface area contributed by atoms with Crippen LogP contribution in [0, 0.1) is 0 Å². The van der Waals surface area contributed by atoms with E-state index in [-0.39, 0.29) is 24.0 Å². The molecule has 30 heavy (non-hydrogen) atoms. The number of nitrogens with zero attached hydrogens (tertiary/aromatic N) is 3. The summed E-state index contributed by atoms with van der Waals surface area (Å²) in [5, 5.41) is 15.7. The molecule has 4 rings (SSSR count). The van der Waals surface area contributed by atoms with Crippen LogP contribution in [0.5, 0.6) is 0 Å². The molecule has 0 spiro atoms. The molecule has 0 bridgehead atoms. The third-order valence-corrected chi connectivity index (χ3v) is 6.60. The number of halogens is 1. The maximum absolute atomic E-state index is 12.5. The molecule has 2 fully saturated rings. The predicted molar refractivity (Wildman–Crippen MR) is 115 cm³/mol. The monoisotopic (exact) mass is 449 g/mol. The van der Waals surface area contributed by atoms with E-state index in [1.165, 1.54) is 11.3 Å². The van der Waals surface area contributed by atoms with Crippen LogP contribution < -0.4 is 10.6 Å². The number of carbonyl (C=O) groups is 2. The van der Waals surface area contributed by atoms with Crippen molar-refractivity contribution in [3.05, 3.63) is 39.3 Å². The summed E-state index contributed by atoms with van der Waals surface area (Å²) < 4.78 is 5.56. The minimum Gasteiger partial charge on any atom is -0.376 e. The molecule has 10 heteroatoms. The van der Waals surface area contributed by atoms with Crippen LogP contribution in [-0.2, 0) is 4.74 Å². The minimum atomic E-state index is -0.317. The first-order valence-electron chi connectivity index (χ1n) is 10.1. The molecule has 0 aliphatic carbocycles. The van der Waals surface area contributed by atoms with Gasteiger partial charge in [0.1, 0.15) is 5.01 Å². The van der Waals surface area contributed by atoms with Gasteiger partial charge in [-0.05, 0) is 43.9 Å². The van der Waals surface area contributed by atoms with Crippen LogP contribution >= 0.6 is 22.9 Å². The van der Waals surface area contributed by atoms with Crippen LogP contribution in [0.25, 0.3) is 0 Å². The van der Waals surface area contributed by atoms with E-state index in [0.717, 1.165) is 43.8 Å². The van der Waals surface area contributed by atoms with Crippen molar-refractivity contribution < 1.29 is 14.3 Å². The lowest BCUT2D eigenvalue weighted by Crippen LogP contribution is -2.46. The molecule has 3 amide bonds. The van der Waals surface area contributed by atoms with Gasteiger partial charge in [0.2, 0.25) is 5.01 Å². The average Bonchev–Trinajstić information content (AvgIpc) is 3.44. The Morgan fingerprint density at radius 1 is 1.27 bits per heavy atom. The van der Waals surface area contributed by atoms with Crippen molar-refractivity contribution in [3.8, 4) is 0 Å². The van der Waals surface area contributed by atoms with Crippen molar-refractivity contribution in [2.45, 2.75) is 37.7 Å². The molecular formula is C20H24ClN5O3S. The molecule has 1 aromatic carbocycles. The number of carbonyl (C=O) groups excluding carboxylic acids is 2. The average molecular weight is 450 g/mol. The Bertz CT molecular complexity index is 902. The van der Waals surface area contributed by atoms with Crippen LogP contribution in [0.15, 0.2) is 24.3 Å². The first-order chi connectivity index (χ1) is 14.6. The van der Waals surface area contributed by atoms with Crippen molar-refractivity contribution >= 4 is 40.6 Å². The van der Waals surface area contributed by atoms with Crippen LogP contribution in [0.1, 0.15) is 46.4 Å². The lowest BCUT2D eigenvalue weighted by atomic mass is 9.99. The number of nitrogens with one attached hydrogen (secondary N) is 2. The highest BCUT2D eigenvalue weighted by atomic mass is 35.5. The Labute approximate surface area is 184 Å². The largest absolute Gasteiger partial charge is 0.376 e. The molecule has 2 atom stereocenters. The van der Waals surface area contributed by atoms with Crippen molar-refractivity contribution in [1.82, 2.24) is 20.4 Å². The number of piperidine rings is 1. The fraction of sp³-hybridized carbons (Fsp3) is 0.500. The first kappa shape index (κ1) is 21.0. The molecule has 2 aliphatic rings. The summed E-state index contributed by atoms with van der Waals surface area (Å²) in [6.07, 6.45) is 3.98. The van der Waals surface area contributed by atoms with E-state index in [1.807, 2.05) is 4.90 Å². The van der Waals surface area contributed by atoms with E-state index in [0.29, 0.717) is 28.8 Å². The van der Waals surface area contributed by atoms with E-state index in [2.05, 4.69) is 20.8 Å². The highest BCUT2D eigenvalue weighted by Gasteiger charge is 2.28. The number of aromatic nitrogens is 2. The SMILES string of the molecule is O=C(Nc1cccc(Cl)c1)c1nnc([C@@H]2CCCN(C(=O)NC[C@@H]3CCCO3)C2)s1. The third kappa shape index (κ3) is 5.27. The van der Waals surface area contributed by atoms with Crippen molar-refractivity contribution in [2.75, 3.05) is 31.6 Å². The third-order valence-electron chi connectivity index (χ3n) is 5.28. The second-order valence-electron chi connectivity index (χ2n) is 7.52. The van der Waals surface area contributed by atoms with Crippen molar-refractivity contribution in [3.63, 3.8) is 0 Å². The number of likely N-dealkylation sites (tertiary alicyclic amines) is 1. The van der Waals surface area contributed by atoms with Crippen molar-refractivity contribution in [2.24, 2.45) is 0 Å². The highest BCUT2D eigenvalue weighted by Crippen LogP contribution is 2.29. The predicted octanol–water partition coefficient (Wildman–Crippen LogP) is 3.51. The molecule has 1 aromatic heterocycles. The summed E-state index contributed by atoms with van der Waals surface area (Å²) in [6.45, 7) is 2.61. The van der Waals surface area contributed by atoms with Crippen LogP contribution in [0.3, 0.4) is 0 Å². The van der Waals surface area contributed by atoms with Gasteiger partial charge in [0.15, 0.2) is 0 Å². The molecule has 2 N–H and O–H groups in total. The van der Waals surface area contributed by atoms with Gasteiger partial charge in [-0.3, -0.25) is 4.79 Å². The number of benzene rings is 1. The van der Waals surface area contributed by atoms with E-state index >= 15 is 0 Å². The number of rotatable bonds is 5. The smallest absolute Gasteiger partial charge is 0.317 e. The van der Waals surface area contributed by atoms with Gasteiger partial charge >= 0.3 is 6.03 Å². The Balaban J connectivity index is 1.33. The fourth-order valence-electron chi connectivity index (χ4n) is 3.72. The van der Waals surface area contributed by atoms with E-state index < -0.39 is 0 Å². The zero-order valence-electron chi connectivity index (χ0n) is 16.5. The summed E-state index contributed by atoms with van der Waals surface area (Å²) in [5.41, 5.74) is 0.607. The van der Waals surface area contributed by atoms with E-state index in [4.69, 9.17) is 16.3 Å². The van der Waals surface area contributed by atoms with Gasteiger partial charge in [-0.25, -0.2) is 4.79 Å². The normalized spacial score (nSPS) is 21.4. The van der Waals surface area contributed by atoms with E-state index in [1.54, 1.807) is 24.3 Å². The Kier molecular flexibility index (Phi) is 6.81. The maximum Gasteiger partial charge on any atom is 0.317 e. The van der Waals surface area contributed by atoms with Crippen LogP contribution in [-0.4, -0.2) is 59.4 Å². The van der Waals surface area contributed by atoms with Crippen molar-refractivity contribution in [1.29, 1.82) is 0 Å². The van der Waals surface area contributed by atoms with Gasteiger partial charge in [-0.15, -0.1) is 10.2 Å². The maximum atomic E-state index is 12.5. The Morgan fingerprint density at radius 3 is 2.97 bits per heavy atom. The number of urea groups is 1. The molecule has 0 radical (unpaired) electrons. The number of ether oxygens (including phenoxy) is 1. The molecule has 0 unspecified atom stereocenters. The first-order valence-corrected chi connectivity index (χ1v) is 11.3. The number of anilines is 1. The summed E-state index contributed by atoms with van der Waals surface area (Å²) in [5.74, 6) is -0.236. The van der Waals surface area contributed by atoms with E-state index in [9.17, 15) is 9.59 Å². The fourth-order valence-corrected chi connectivity index (χ4v) is 4.78. The minimum absolute atomic E-state index is 0.0707. The Morgan fingerprint density at radius 2 is 2.17 bits per heavy atom. The van der Waals surface area contributed by atoms with Crippen LogP contribution in [0.4, 0.5) is 10.5 Å².